The molecule has 10 N–H and O–H groups in total. The summed E-state index contributed by atoms with van der Waals surface area (Å²) in [5.74, 6) is -3.05. The van der Waals surface area contributed by atoms with E-state index in [1.54, 1.807) is 24.3 Å². The third-order valence-corrected chi connectivity index (χ3v) is 6.05. The van der Waals surface area contributed by atoms with Gasteiger partial charge in [-0.05, 0) is 74.5 Å². The number of rotatable bonds is 15. The topological polar surface area (TPSA) is 217 Å². The number of nitrogens with two attached hydrogens (primary N) is 2. The lowest BCUT2D eigenvalue weighted by atomic mass is 10.0. The van der Waals surface area contributed by atoms with Gasteiger partial charge in [-0.3, -0.25) is 14.4 Å². The average Bonchev–Trinajstić information content (AvgIpc) is 2.89. The number of phenolic OH excluding ortho intramolecular Hbond substituents is 2. The Labute approximate surface area is 226 Å². The van der Waals surface area contributed by atoms with E-state index < -0.39 is 47.9 Å². The largest absolute Gasteiger partial charge is 0.508 e. The first-order chi connectivity index (χ1) is 18.5. The Balaban J connectivity index is 2.00. The monoisotopic (exact) mass is 543 g/mol. The van der Waals surface area contributed by atoms with Crippen molar-refractivity contribution >= 4 is 23.7 Å². The van der Waals surface area contributed by atoms with Gasteiger partial charge in [-0.25, -0.2) is 4.79 Å². The number of unbranched alkanes of at least 4 members (excludes halogenated alkanes) is 1. The summed E-state index contributed by atoms with van der Waals surface area (Å²) in [7, 11) is 0. The molecule has 39 heavy (non-hydrogen) atoms. The molecule has 0 aliphatic carbocycles. The van der Waals surface area contributed by atoms with Crippen LogP contribution >= 0.6 is 0 Å². The van der Waals surface area contributed by atoms with Crippen molar-refractivity contribution in [3.8, 4) is 11.5 Å². The number of phenols is 2. The highest BCUT2D eigenvalue weighted by molar-refractivity contribution is 5.94. The molecule has 212 valence electrons. The van der Waals surface area contributed by atoms with Gasteiger partial charge >= 0.3 is 5.97 Å². The molecule has 12 heteroatoms. The molecule has 2 rings (SSSR count). The van der Waals surface area contributed by atoms with Crippen molar-refractivity contribution in [3.63, 3.8) is 0 Å². The van der Waals surface area contributed by atoms with Crippen molar-refractivity contribution in [3.05, 3.63) is 59.7 Å². The molecule has 3 amide bonds. The van der Waals surface area contributed by atoms with Crippen LogP contribution in [0.2, 0.25) is 0 Å². The van der Waals surface area contributed by atoms with Gasteiger partial charge in [0, 0.05) is 6.42 Å². The second-order valence-corrected chi connectivity index (χ2v) is 9.32. The fraction of sp³-hybridized carbons (Fsp3) is 0.407. The summed E-state index contributed by atoms with van der Waals surface area (Å²) in [4.78, 5) is 50.2. The first-order valence-electron chi connectivity index (χ1n) is 12.7. The molecule has 0 saturated heterocycles. The predicted octanol–water partition coefficient (Wildman–Crippen LogP) is -0.102. The first kappa shape index (κ1) is 31.1. The number of hydrogen-bond acceptors (Lipinski definition) is 8. The van der Waals surface area contributed by atoms with Crippen molar-refractivity contribution in [2.24, 2.45) is 11.5 Å². The lowest BCUT2D eigenvalue weighted by molar-refractivity contribution is -0.142. The van der Waals surface area contributed by atoms with Gasteiger partial charge in [0.2, 0.25) is 17.7 Å². The van der Waals surface area contributed by atoms with Crippen molar-refractivity contribution in [2.45, 2.75) is 63.2 Å². The molecule has 0 spiro atoms. The maximum Gasteiger partial charge on any atom is 0.326 e. The first-order valence-corrected chi connectivity index (χ1v) is 12.7. The summed E-state index contributed by atoms with van der Waals surface area (Å²) in [5.41, 5.74) is 12.9. The van der Waals surface area contributed by atoms with Crippen molar-refractivity contribution in [1.29, 1.82) is 0 Å². The van der Waals surface area contributed by atoms with E-state index in [2.05, 4.69) is 16.0 Å². The number of aliphatic carboxylic acids is 1. The zero-order chi connectivity index (χ0) is 28.9. The zero-order valence-electron chi connectivity index (χ0n) is 21.8. The number of hydrogen-bond donors (Lipinski definition) is 8. The molecule has 0 aromatic heterocycles. The number of carbonyl (C=O) groups is 4. The van der Waals surface area contributed by atoms with E-state index in [4.69, 9.17) is 11.5 Å². The quantitative estimate of drug-likeness (QED) is 0.140. The molecule has 0 heterocycles. The molecule has 0 fully saturated rings. The van der Waals surface area contributed by atoms with E-state index in [0.29, 0.717) is 24.9 Å². The molecular formula is C27H37N5O7. The third-order valence-electron chi connectivity index (χ3n) is 6.05. The number of carboxylic acid groups (broad SMARTS) is 1. The molecule has 0 aliphatic heterocycles. The van der Waals surface area contributed by atoms with Crippen LogP contribution in [0.3, 0.4) is 0 Å². The minimum atomic E-state index is -1.26. The standard InChI is InChI=1S/C27H37N5O7/c1-16(24(35)32-23(27(38)39)15-18-7-11-20(34)12-8-18)30-26(37)22(4-2-3-13-28)31-25(36)21(29)14-17-5-9-19(33)10-6-17/h5-12,16,21-23,33-34H,2-4,13-15,28-29H2,1H3,(H,30,37)(H,31,36)(H,32,35)(H,38,39). The predicted molar refractivity (Wildman–Crippen MR) is 144 cm³/mol. The van der Waals surface area contributed by atoms with Crippen LogP contribution in [0.25, 0.3) is 0 Å². The van der Waals surface area contributed by atoms with Crippen molar-refractivity contribution in [2.75, 3.05) is 6.54 Å². The minimum absolute atomic E-state index is 0.0282. The molecular weight excluding hydrogens is 506 g/mol. The average molecular weight is 544 g/mol. The second kappa shape index (κ2) is 15.3. The third kappa shape index (κ3) is 10.6. The Morgan fingerprint density at radius 3 is 1.77 bits per heavy atom. The molecule has 0 saturated carbocycles. The maximum absolute atomic E-state index is 13.0. The molecule has 0 radical (unpaired) electrons. The van der Waals surface area contributed by atoms with Gasteiger partial charge in [0.1, 0.15) is 29.6 Å². The van der Waals surface area contributed by atoms with Gasteiger partial charge in [-0.15, -0.1) is 0 Å². The summed E-state index contributed by atoms with van der Waals surface area (Å²) in [5, 5.41) is 35.9. The highest BCUT2D eigenvalue weighted by Crippen LogP contribution is 2.13. The highest BCUT2D eigenvalue weighted by Gasteiger charge is 2.28. The van der Waals surface area contributed by atoms with Crippen LogP contribution in [0.1, 0.15) is 37.3 Å². The second-order valence-electron chi connectivity index (χ2n) is 9.32. The Morgan fingerprint density at radius 2 is 1.26 bits per heavy atom. The van der Waals surface area contributed by atoms with Crippen LogP contribution in [0, 0.1) is 0 Å². The number of amides is 3. The number of carboxylic acids is 1. The van der Waals surface area contributed by atoms with E-state index in [0.717, 1.165) is 5.56 Å². The maximum atomic E-state index is 13.0. The summed E-state index contributed by atoms with van der Waals surface area (Å²) in [6, 6.07) is 7.84. The molecule has 4 atom stereocenters. The van der Waals surface area contributed by atoms with E-state index in [9.17, 15) is 34.5 Å². The highest BCUT2D eigenvalue weighted by atomic mass is 16.4. The lowest BCUT2D eigenvalue weighted by Gasteiger charge is -2.23. The molecule has 2 aromatic carbocycles. The van der Waals surface area contributed by atoms with Gasteiger partial charge in [-0.2, -0.15) is 0 Å². The molecule has 0 aliphatic rings. The van der Waals surface area contributed by atoms with E-state index >= 15 is 0 Å². The number of benzene rings is 2. The van der Waals surface area contributed by atoms with Crippen molar-refractivity contribution in [1.82, 2.24) is 16.0 Å². The van der Waals surface area contributed by atoms with Gasteiger partial charge < -0.3 is 42.7 Å². The minimum Gasteiger partial charge on any atom is -0.508 e. The van der Waals surface area contributed by atoms with Gasteiger partial charge in [0.25, 0.3) is 0 Å². The van der Waals surface area contributed by atoms with Crippen LogP contribution in [0.5, 0.6) is 11.5 Å². The number of aromatic hydroxyl groups is 2. The van der Waals surface area contributed by atoms with E-state index in [1.165, 1.54) is 31.2 Å². The number of carbonyl (C=O) groups excluding carboxylic acids is 3. The van der Waals surface area contributed by atoms with Gasteiger partial charge in [-0.1, -0.05) is 24.3 Å². The van der Waals surface area contributed by atoms with Gasteiger partial charge in [0.05, 0.1) is 6.04 Å². The van der Waals surface area contributed by atoms with Gasteiger partial charge in [0.15, 0.2) is 0 Å². The smallest absolute Gasteiger partial charge is 0.326 e. The van der Waals surface area contributed by atoms with Crippen LogP contribution in [-0.4, -0.2) is 69.7 Å². The number of nitrogens with one attached hydrogen (secondary N) is 3. The van der Waals surface area contributed by atoms with Crippen LogP contribution in [0.15, 0.2) is 48.5 Å². The Kier molecular flexibility index (Phi) is 12.2. The molecule has 12 nitrogen and oxygen atoms in total. The molecule has 0 bridgehead atoms. The van der Waals surface area contributed by atoms with Crippen LogP contribution in [-0.2, 0) is 32.0 Å². The Morgan fingerprint density at radius 1 is 0.744 bits per heavy atom. The summed E-state index contributed by atoms with van der Waals surface area (Å²) < 4.78 is 0. The van der Waals surface area contributed by atoms with E-state index in [1.807, 2.05) is 0 Å². The fourth-order valence-electron chi connectivity index (χ4n) is 3.76. The summed E-state index contributed by atoms with van der Waals surface area (Å²) in [6.45, 7) is 1.81. The molecule has 2 aromatic rings. The normalized spacial score (nSPS) is 13.9. The van der Waals surface area contributed by atoms with Crippen LogP contribution in [0.4, 0.5) is 0 Å². The summed E-state index contributed by atoms with van der Waals surface area (Å²) in [6.07, 6.45) is 1.56. The van der Waals surface area contributed by atoms with Crippen molar-refractivity contribution < 1.29 is 34.5 Å². The zero-order valence-corrected chi connectivity index (χ0v) is 21.8. The van der Waals surface area contributed by atoms with E-state index in [-0.39, 0.29) is 30.8 Å². The summed E-state index contributed by atoms with van der Waals surface area (Å²) >= 11 is 0. The Bertz CT molecular complexity index is 1110. The fourth-order valence-corrected chi connectivity index (χ4v) is 3.76. The molecule has 4 unspecified atom stereocenters. The SMILES string of the molecule is CC(NC(=O)C(CCCCN)NC(=O)C(N)Cc1ccc(O)cc1)C(=O)NC(Cc1ccc(O)cc1)C(=O)O. The lowest BCUT2D eigenvalue weighted by Crippen LogP contribution is -2.56. The Hall–Kier alpha value is -4.16. The van der Waals surface area contributed by atoms with Crippen LogP contribution < -0.4 is 27.4 Å².